The number of rotatable bonds is 6. The molecule has 156 valence electrons. The number of nitrogen functional groups attached to an aromatic ring is 1. The quantitative estimate of drug-likeness (QED) is 0.450. The summed E-state index contributed by atoms with van der Waals surface area (Å²) in [5.74, 6) is 0.206. The van der Waals surface area contributed by atoms with Gasteiger partial charge in [-0.15, -0.1) is 0 Å². The Bertz CT molecular complexity index is 1360. The maximum atomic E-state index is 13.8. The van der Waals surface area contributed by atoms with Crippen molar-refractivity contribution in [2.75, 3.05) is 5.73 Å². The second-order valence-electron chi connectivity index (χ2n) is 7.73. The van der Waals surface area contributed by atoms with Crippen LogP contribution in [0.5, 0.6) is 0 Å². The topological polar surface area (TPSA) is 90.9 Å². The number of benzene rings is 2. The van der Waals surface area contributed by atoms with Crippen molar-refractivity contribution in [1.29, 1.82) is 0 Å². The first-order valence-electron chi connectivity index (χ1n) is 10.2. The Labute approximate surface area is 176 Å². The molecule has 4 aromatic rings. The summed E-state index contributed by atoms with van der Waals surface area (Å²) in [5.41, 5.74) is 10.3. The maximum absolute atomic E-state index is 13.8. The standard InChI is InChI=1S/C23H26N4O2S/c1-4-5-8-13-27-22(24)21(30(28,29)19-14-15(2)11-12-16(19)3)20-23(27)26-18-10-7-6-9-17(18)25-20/h6-7,9-12,14H,4-5,8,13,24H2,1-3H3. The minimum absolute atomic E-state index is 0.0564. The molecule has 0 aliphatic heterocycles. The van der Waals surface area contributed by atoms with E-state index < -0.39 is 9.84 Å². The largest absolute Gasteiger partial charge is 0.384 e. The number of sulfone groups is 1. The number of hydrogen-bond acceptors (Lipinski definition) is 5. The van der Waals surface area contributed by atoms with E-state index in [1.54, 1.807) is 13.0 Å². The number of unbranched alkanes of at least 4 members (excludes halogenated alkanes) is 2. The zero-order valence-electron chi connectivity index (χ0n) is 17.5. The molecule has 0 spiro atoms. The van der Waals surface area contributed by atoms with E-state index in [4.69, 9.17) is 10.7 Å². The third-order valence-corrected chi connectivity index (χ3v) is 7.39. The van der Waals surface area contributed by atoms with E-state index in [9.17, 15) is 8.42 Å². The van der Waals surface area contributed by atoms with Crippen molar-refractivity contribution in [3.8, 4) is 0 Å². The van der Waals surface area contributed by atoms with Crippen molar-refractivity contribution in [3.05, 3.63) is 53.6 Å². The average molecular weight is 423 g/mol. The van der Waals surface area contributed by atoms with Gasteiger partial charge in [-0.05, 0) is 49.6 Å². The Morgan fingerprint density at radius 2 is 1.70 bits per heavy atom. The van der Waals surface area contributed by atoms with Crippen LogP contribution in [-0.2, 0) is 16.4 Å². The number of fused-ring (bicyclic) bond motifs is 2. The number of para-hydroxylation sites is 2. The fourth-order valence-corrected chi connectivity index (χ4v) is 5.64. The summed E-state index contributed by atoms with van der Waals surface area (Å²) in [6.07, 6.45) is 2.97. The summed E-state index contributed by atoms with van der Waals surface area (Å²) in [6.45, 7) is 6.40. The Morgan fingerprint density at radius 1 is 1.00 bits per heavy atom. The van der Waals surface area contributed by atoms with Gasteiger partial charge in [0.15, 0.2) is 5.65 Å². The first kappa shape index (κ1) is 20.3. The van der Waals surface area contributed by atoms with Crippen LogP contribution in [0.15, 0.2) is 52.3 Å². The smallest absolute Gasteiger partial charge is 0.212 e. The molecule has 0 atom stereocenters. The molecule has 2 heterocycles. The maximum Gasteiger partial charge on any atom is 0.212 e. The first-order chi connectivity index (χ1) is 14.3. The average Bonchev–Trinajstić information content (AvgIpc) is 2.99. The van der Waals surface area contributed by atoms with Gasteiger partial charge in [0.1, 0.15) is 16.2 Å². The van der Waals surface area contributed by atoms with E-state index in [1.807, 2.05) is 47.9 Å². The normalized spacial score (nSPS) is 12.1. The molecule has 2 N–H and O–H groups in total. The van der Waals surface area contributed by atoms with Crippen LogP contribution in [0.4, 0.5) is 5.82 Å². The number of hydrogen-bond donors (Lipinski definition) is 1. The van der Waals surface area contributed by atoms with Gasteiger partial charge in [-0.3, -0.25) is 0 Å². The molecule has 0 aliphatic rings. The fraction of sp³-hybridized carbons (Fsp3) is 0.304. The van der Waals surface area contributed by atoms with E-state index in [1.165, 1.54) is 0 Å². The number of aromatic nitrogens is 3. The highest BCUT2D eigenvalue weighted by Gasteiger charge is 2.31. The number of aryl methyl sites for hydroxylation is 3. The predicted octanol–water partition coefficient (Wildman–Crippen LogP) is 4.81. The summed E-state index contributed by atoms with van der Waals surface area (Å²) in [7, 11) is -3.88. The third-order valence-electron chi connectivity index (χ3n) is 5.43. The lowest BCUT2D eigenvalue weighted by Gasteiger charge is -2.10. The Balaban J connectivity index is 2.04. The van der Waals surface area contributed by atoms with Crippen LogP contribution in [0.2, 0.25) is 0 Å². The second kappa shape index (κ2) is 7.72. The Kier molecular flexibility index (Phi) is 5.24. The van der Waals surface area contributed by atoms with E-state index in [0.717, 1.165) is 30.3 Å². The molecule has 0 unspecified atom stereocenters. The number of nitrogens with two attached hydrogens (primary N) is 1. The second-order valence-corrected chi connectivity index (χ2v) is 9.58. The van der Waals surface area contributed by atoms with Gasteiger partial charge in [-0.25, -0.2) is 18.4 Å². The molecule has 2 aromatic carbocycles. The summed E-state index contributed by atoms with van der Waals surface area (Å²) in [4.78, 5) is 9.75. The van der Waals surface area contributed by atoms with Crippen molar-refractivity contribution in [3.63, 3.8) is 0 Å². The van der Waals surface area contributed by atoms with Gasteiger partial charge in [0.2, 0.25) is 9.84 Å². The van der Waals surface area contributed by atoms with Crippen LogP contribution in [0.1, 0.15) is 37.3 Å². The number of nitrogens with zero attached hydrogens (tertiary/aromatic N) is 3. The van der Waals surface area contributed by atoms with Gasteiger partial charge < -0.3 is 10.3 Å². The summed E-state index contributed by atoms with van der Waals surface area (Å²) in [6, 6.07) is 12.9. The van der Waals surface area contributed by atoms with Crippen LogP contribution in [0, 0.1) is 13.8 Å². The highest BCUT2D eigenvalue weighted by atomic mass is 32.2. The van der Waals surface area contributed by atoms with E-state index in [-0.39, 0.29) is 15.6 Å². The Hall–Kier alpha value is -2.93. The summed E-state index contributed by atoms with van der Waals surface area (Å²) < 4.78 is 29.3. The zero-order valence-corrected chi connectivity index (χ0v) is 18.3. The molecule has 30 heavy (non-hydrogen) atoms. The van der Waals surface area contributed by atoms with Crippen LogP contribution in [0.25, 0.3) is 22.2 Å². The fourth-order valence-electron chi connectivity index (χ4n) is 3.81. The van der Waals surface area contributed by atoms with Crippen molar-refractivity contribution in [2.24, 2.45) is 0 Å². The number of anilines is 1. The minimum Gasteiger partial charge on any atom is -0.384 e. The molecule has 0 amide bonds. The van der Waals surface area contributed by atoms with Crippen molar-refractivity contribution >= 4 is 37.9 Å². The van der Waals surface area contributed by atoms with Gasteiger partial charge in [0.05, 0.1) is 15.9 Å². The molecule has 2 aromatic heterocycles. The first-order valence-corrected chi connectivity index (χ1v) is 11.7. The molecule has 6 nitrogen and oxygen atoms in total. The lowest BCUT2D eigenvalue weighted by molar-refractivity contribution is 0.594. The van der Waals surface area contributed by atoms with Gasteiger partial charge in [0, 0.05) is 6.54 Å². The van der Waals surface area contributed by atoms with Gasteiger partial charge in [-0.1, -0.05) is 44.0 Å². The van der Waals surface area contributed by atoms with E-state index in [2.05, 4.69) is 11.9 Å². The van der Waals surface area contributed by atoms with Crippen molar-refractivity contribution < 1.29 is 8.42 Å². The molecular formula is C23H26N4O2S. The van der Waals surface area contributed by atoms with Crippen LogP contribution < -0.4 is 5.73 Å². The van der Waals surface area contributed by atoms with Gasteiger partial charge >= 0.3 is 0 Å². The summed E-state index contributed by atoms with van der Waals surface area (Å²) >= 11 is 0. The van der Waals surface area contributed by atoms with Crippen LogP contribution in [0.3, 0.4) is 0 Å². The molecule has 4 rings (SSSR count). The Morgan fingerprint density at radius 3 is 2.40 bits per heavy atom. The van der Waals surface area contributed by atoms with Crippen LogP contribution >= 0.6 is 0 Å². The highest BCUT2D eigenvalue weighted by Crippen LogP contribution is 2.36. The van der Waals surface area contributed by atoms with E-state index in [0.29, 0.717) is 28.8 Å². The summed E-state index contributed by atoms with van der Waals surface area (Å²) in [5, 5.41) is 0. The lowest BCUT2D eigenvalue weighted by atomic mass is 10.2. The SMILES string of the molecule is CCCCCn1c(N)c(S(=O)(=O)c2cc(C)ccc2C)c2nc3ccccc3nc21. The predicted molar refractivity (Wildman–Crippen MR) is 120 cm³/mol. The lowest BCUT2D eigenvalue weighted by Crippen LogP contribution is -2.09. The van der Waals surface area contributed by atoms with Gasteiger partial charge in [-0.2, -0.15) is 0 Å². The monoisotopic (exact) mass is 422 g/mol. The molecule has 0 radical (unpaired) electrons. The highest BCUT2D eigenvalue weighted by molar-refractivity contribution is 7.92. The van der Waals surface area contributed by atoms with E-state index >= 15 is 0 Å². The molecule has 0 saturated heterocycles. The molecule has 0 bridgehead atoms. The zero-order chi connectivity index (χ0) is 21.5. The molecular weight excluding hydrogens is 396 g/mol. The van der Waals surface area contributed by atoms with Crippen LogP contribution in [-0.4, -0.2) is 23.0 Å². The van der Waals surface area contributed by atoms with Gasteiger partial charge in [0.25, 0.3) is 0 Å². The minimum atomic E-state index is -3.88. The molecule has 0 saturated carbocycles. The third kappa shape index (κ3) is 3.33. The molecule has 0 fully saturated rings. The molecule has 0 aliphatic carbocycles. The van der Waals surface area contributed by atoms with Crippen molar-refractivity contribution in [2.45, 2.75) is 56.4 Å². The van der Waals surface area contributed by atoms with Crippen molar-refractivity contribution in [1.82, 2.24) is 14.5 Å². The molecule has 7 heteroatoms.